The molecule has 0 saturated carbocycles. The van der Waals surface area contributed by atoms with Gasteiger partial charge in [0.25, 0.3) is 0 Å². The number of nitrogens with zero attached hydrogens (tertiary/aromatic N) is 1. The van der Waals surface area contributed by atoms with Gasteiger partial charge in [-0.3, -0.25) is 4.98 Å². The second kappa shape index (κ2) is 5.64. The zero-order valence-electron chi connectivity index (χ0n) is 9.31. The Morgan fingerprint density at radius 3 is 2.65 bits per heavy atom. The van der Waals surface area contributed by atoms with E-state index in [4.69, 9.17) is 5.73 Å². The van der Waals surface area contributed by atoms with Gasteiger partial charge < -0.3 is 5.73 Å². The number of aromatic nitrogens is 1. The fourth-order valence-corrected chi connectivity index (χ4v) is 1.77. The molecule has 0 aliphatic heterocycles. The Morgan fingerprint density at radius 2 is 2.00 bits per heavy atom. The van der Waals surface area contributed by atoms with Gasteiger partial charge in [-0.2, -0.15) is 0 Å². The van der Waals surface area contributed by atoms with E-state index >= 15 is 0 Å². The standard InChI is InChI=1S/C14H13BrN2/c15-13-6-4-12(5-7-13)14(16)8-3-11-2-1-9-17-10-11/h1-2,4-10H,3,16H2. The molecule has 0 spiro atoms. The average Bonchev–Trinajstić information content (AvgIpc) is 2.38. The summed E-state index contributed by atoms with van der Waals surface area (Å²) in [5.41, 5.74) is 9.01. The van der Waals surface area contributed by atoms with Crippen LogP contribution in [0.2, 0.25) is 0 Å². The van der Waals surface area contributed by atoms with Crippen LogP contribution in [0.25, 0.3) is 5.70 Å². The average molecular weight is 289 g/mol. The molecule has 0 aliphatic rings. The van der Waals surface area contributed by atoms with Gasteiger partial charge in [-0.05, 0) is 35.7 Å². The Balaban J connectivity index is 2.10. The number of hydrogen-bond donors (Lipinski definition) is 1. The van der Waals surface area contributed by atoms with E-state index in [0.29, 0.717) is 0 Å². The molecular weight excluding hydrogens is 276 g/mol. The van der Waals surface area contributed by atoms with E-state index in [-0.39, 0.29) is 0 Å². The molecule has 0 fully saturated rings. The topological polar surface area (TPSA) is 38.9 Å². The van der Waals surface area contributed by atoms with Crippen LogP contribution in [0.15, 0.2) is 59.3 Å². The van der Waals surface area contributed by atoms with E-state index in [0.717, 1.165) is 27.7 Å². The maximum absolute atomic E-state index is 6.02. The SMILES string of the molecule is NC(=CCc1cccnc1)c1ccc(Br)cc1. The molecule has 1 heterocycles. The predicted octanol–water partition coefficient (Wildman–Crippen LogP) is 3.39. The largest absolute Gasteiger partial charge is 0.398 e. The second-order valence-corrected chi connectivity index (χ2v) is 4.65. The van der Waals surface area contributed by atoms with Crippen molar-refractivity contribution in [3.05, 3.63) is 70.5 Å². The summed E-state index contributed by atoms with van der Waals surface area (Å²) in [4.78, 5) is 4.07. The summed E-state index contributed by atoms with van der Waals surface area (Å²) in [7, 11) is 0. The van der Waals surface area contributed by atoms with Crippen LogP contribution in [0, 0.1) is 0 Å². The van der Waals surface area contributed by atoms with Crippen LogP contribution in [0.1, 0.15) is 11.1 Å². The molecular formula is C14H13BrN2. The highest BCUT2D eigenvalue weighted by Gasteiger charge is 1.96. The Labute approximate surface area is 109 Å². The fourth-order valence-electron chi connectivity index (χ4n) is 1.51. The van der Waals surface area contributed by atoms with Crippen molar-refractivity contribution in [1.82, 2.24) is 4.98 Å². The third-order valence-electron chi connectivity index (χ3n) is 2.46. The van der Waals surface area contributed by atoms with E-state index in [2.05, 4.69) is 20.9 Å². The fraction of sp³-hybridized carbons (Fsp3) is 0.0714. The van der Waals surface area contributed by atoms with E-state index in [1.54, 1.807) is 6.20 Å². The highest BCUT2D eigenvalue weighted by Crippen LogP contribution is 2.15. The molecule has 1 aromatic carbocycles. The summed E-state index contributed by atoms with van der Waals surface area (Å²) < 4.78 is 1.06. The maximum Gasteiger partial charge on any atom is 0.0350 e. The summed E-state index contributed by atoms with van der Waals surface area (Å²) in [5, 5.41) is 0. The number of pyridine rings is 1. The number of hydrogen-bond acceptors (Lipinski definition) is 2. The Kier molecular flexibility index (Phi) is 3.94. The van der Waals surface area contributed by atoms with Crippen molar-refractivity contribution in [2.45, 2.75) is 6.42 Å². The summed E-state index contributed by atoms with van der Waals surface area (Å²) in [6, 6.07) is 11.9. The van der Waals surface area contributed by atoms with Crippen molar-refractivity contribution in [3.63, 3.8) is 0 Å². The summed E-state index contributed by atoms with van der Waals surface area (Å²) in [5.74, 6) is 0. The molecule has 0 radical (unpaired) electrons. The van der Waals surface area contributed by atoms with Crippen molar-refractivity contribution in [2.24, 2.45) is 5.73 Å². The third-order valence-corrected chi connectivity index (χ3v) is 2.99. The Bertz CT molecular complexity index is 504. The molecule has 2 nitrogen and oxygen atoms in total. The van der Waals surface area contributed by atoms with Crippen molar-refractivity contribution < 1.29 is 0 Å². The number of rotatable bonds is 3. The Hall–Kier alpha value is -1.61. The van der Waals surface area contributed by atoms with E-state index in [9.17, 15) is 0 Å². The summed E-state index contributed by atoms with van der Waals surface area (Å²) in [6.45, 7) is 0. The minimum Gasteiger partial charge on any atom is -0.398 e. The number of nitrogens with two attached hydrogens (primary N) is 1. The van der Waals surface area contributed by atoms with Gasteiger partial charge in [-0.25, -0.2) is 0 Å². The lowest BCUT2D eigenvalue weighted by Crippen LogP contribution is -1.97. The smallest absolute Gasteiger partial charge is 0.0350 e. The van der Waals surface area contributed by atoms with Crippen molar-refractivity contribution in [1.29, 1.82) is 0 Å². The van der Waals surface area contributed by atoms with Crippen LogP contribution in [-0.4, -0.2) is 4.98 Å². The van der Waals surface area contributed by atoms with Gasteiger partial charge in [0, 0.05) is 22.6 Å². The first-order valence-corrected chi connectivity index (χ1v) is 6.15. The van der Waals surface area contributed by atoms with Crippen molar-refractivity contribution >= 4 is 21.6 Å². The van der Waals surface area contributed by atoms with Gasteiger partial charge in [0.05, 0.1) is 0 Å². The minimum atomic E-state index is 0.793. The molecule has 17 heavy (non-hydrogen) atoms. The molecule has 2 N–H and O–H groups in total. The number of allylic oxidation sites excluding steroid dienone is 1. The molecule has 0 amide bonds. The van der Waals surface area contributed by atoms with Gasteiger partial charge >= 0.3 is 0 Å². The summed E-state index contributed by atoms with van der Waals surface area (Å²) in [6.07, 6.45) is 6.44. The van der Waals surface area contributed by atoms with Gasteiger partial charge in [-0.1, -0.05) is 40.2 Å². The molecule has 0 unspecified atom stereocenters. The zero-order valence-corrected chi connectivity index (χ0v) is 10.9. The van der Waals surface area contributed by atoms with E-state index in [1.807, 2.05) is 48.7 Å². The normalized spacial score (nSPS) is 11.5. The minimum absolute atomic E-state index is 0.793. The zero-order chi connectivity index (χ0) is 12.1. The van der Waals surface area contributed by atoms with Gasteiger partial charge in [0.15, 0.2) is 0 Å². The highest BCUT2D eigenvalue weighted by atomic mass is 79.9. The third kappa shape index (κ3) is 3.43. The molecule has 0 bridgehead atoms. The van der Waals surface area contributed by atoms with Crippen LogP contribution in [0.5, 0.6) is 0 Å². The molecule has 0 atom stereocenters. The van der Waals surface area contributed by atoms with Crippen LogP contribution in [0.3, 0.4) is 0 Å². The van der Waals surface area contributed by atoms with E-state index < -0.39 is 0 Å². The first kappa shape index (κ1) is 11.9. The van der Waals surface area contributed by atoms with Gasteiger partial charge in [0.2, 0.25) is 0 Å². The number of benzene rings is 1. The first-order chi connectivity index (χ1) is 8.25. The Morgan fingerprint density at radius 1 is 1.24 bits per heavy atom. The number of halogens is 1. The second-order valence-electron chi connectivity index (χ2n) is 3.73. The van der Waals surface area contributed by atoms with Crippen molar-refractivity contribution in [3.8, 4) is 0 Å². The lowest BCUT2D eigenvalue weighted by molar-refractivity contribution is 1.19. The quantitative estimate of drug-likeness (QED) is 0.940. The molecule has 86 valence electrons. The van der Waals surface area contributed by atoms with Crippen LogP contribution in [-0.2, 0) is 6.42 Å². The first-order valence-electron chi connectivity index (χ1n) is 5.36. The van der Waals surface area contributed by atoms with Gasteiger partial charge in [0.1, 0.15) is 0 Å². The molecule has 0 aliphatic carbocycles. The monoisotopic (exact) mass is 288 g/mol. The highest BCUT2D eigenvalue weighted by molar-refractivity contribution is 9.10. The predicted molar refractivity (Wildman–Crippen MR) is 74.2 cm³/mol. The lowest BCUT2D eigenvalue weighted by Gasteiger charge is -2.02. The molecule has 0 saturated heterocycles. The van der Waals surface area contributed by atoms with Crippen LogP contribution < -0.4 is 5.73 Å². The maximum atomic E-state index is 6.02. The molecule has 1 aromatic heterocycles. The van der Waals surface area contributed by atoms with Gasteiger partial charge in [-0.15, -0.1) is 0 Å². The van der Waals surface area contributed by atoms with E-state index in [1.165, 1.54) is 0 Å². The van der Waals surface area contributed by atoms with Crippen LogP contribution in [0.4, 0.5) is 0 Å². The molecule has 3 heteroatoms. The molecule has 2 rings (SSSR count). The van der Waals surface area contributed by atoms with Crippen molar-refractivity contribution in [2.75, 3.05) is 0 Å². The van der Waals surface area contributed by atoms with Crippen LogP contribution >= 0.6 is 15.9 Å². The molecule has 2 aromatic rings. The summed E-state index contributed by atoms with van der Waals surface area (Å²) >= 11 is 3.40. The lowest BCUT2D eigenvalue weighted by atomic mass is 10.1.